The third kappa shape index (κ3) is 3.20. The largest absolute Gasteiger partial charge is 0.480 e. The van der Waals surface area contributed by atoms with Gasteiger partial charge in [0.1, 0.15) is 6.04 Å². The molecule has 1 aromatic rings. The third-order valence-electron chi connectivity index (χ3n) is 2.56. The van der Waals surface area contributed by atoms with E-state index in [4.69, 9.17) is 10.8 Å². The molecular weight excluding hydrogens is 235 g/mol. The number of carbonyl (C=O) groups is 1. The highest BCUT2D eigenvalue weighted by Crippen LogP contribution is 2.31. The van der Waals surface area contributed by atoms with Crippen molar-refractivity contribution in [3.63, 3.8) is 0 Å². The van der Waals surface area contributed by atoms with Crippen molar-refractivity contribution in [2.45, 2.75) is 25.1 Å². The quantitative estimate of drug-likeness (QED) is 0.860. The Labute approximate surface area is 96.0 Å². The van der Waals surface area contributed by atoms with Gasteiger partial charge in [0.25, 0.3) is 0 Å². The fourth-order valence-corrected chi connectivity index (χ4v) is 1.42. The van der Waals surface area contributed by atoms with Crippen LogP contribution in [0.2, 0.25) is 0 Å². The van der Waals surface area contributed by atoms with Gasteiger partial charge in [0.05, 0.1) is 5.56 Å². The number of aliphatic carboxylic acids is 1. The zero-order chi connectivity index (χ0) is 13.2. The van der Waals surface area contributed by atoms with Crippen molar-refractivity contribution in [1.29, 1.82) is 0 Å². The molecule has 1 rings (SSSR count). The molecule has 0 aliphatic carbocycles. The molecule has 0 saturated heterocycles. The van der Waals surface area contributed by atoms with Crippen LogP contribution in [-0.2, 0) is 11.0 Å². The minimum absolute atomic E-state index is 0.259. The highest BCUT2D eigenvalue weighted by Gasteiger charge is 2.31. The molecule has 0 aliphatic heterocycles. The Morgan fingerprint density at radius 1 is 1.41 bits per heavy atom. The molecule has 6 heteroatoms. The SMILES string of the molecule is C[C@H](c1cccc(C(F)(F)F)c1)[C@@H](N)C(=O)O. The Balaban J connectivity index is 3.04. The molecule has 0 aliphatic rings. The van der Waals surface area contributed by atoms with Crippen molar-refractivity contribution in [2.24, 2.45) is 5.73 Å². The fourth-order valence-electron chi connectivity index (χ4n) is 1.42. The highest BCUT2D eigenvalue weighted by molar-refractivity contribution is 5.74. The Morgan fingerprint density at radius 2 is 2.00 bits per heavy atom. The van der Waals surface area contributed by atoms with Crippen LogP contribution in [0.25, 0.3) is 0 Å². The molecule has 0 fully saturated rings. The van der Waals surface area contributed by atoms with Crippen molar-refractivity contribution in [1.82, 2.24) is 0 Å². The summed E-state index contributed by atoms with van der Waals surface area (Å²) < 4.78 is 37.3. The number of hydrogen-bond donors (Lipinski definition) is 2. The van der Waals surface area contributed by atoms with Crippen molar-refractivity contribution >= 4 is 5.97 Å². The first kappa shape index (κ1) is 13.5. The summed E-state index contributed by atoms with van der Waals surface area (Å²) in [6.45, 7) is 1.48. The summed E-state index contributed by atoms with van der Waals surface area (Å²) >= 11 is 0. The predicted octanol–water partition coefficient (Wildman–Crippen LogP) is 2.22. The lowest BCUT2D eigenvalue weighted by Crippen LogP contribution is -2.35. The van der Waals surface area contributed by atoms with E-state index >= 15 is 0 Å². The van der Waals surface area contributed by atoms with Crippen molar-refractivity contribution in [3.05, 3.63) is 35.4 Å². The predicted molar refractivity (Wildman–Crippen MR) is 55.5 cm³/mol. The number of hydrogen-bond acceptors (Lipinski definition) is 2. The first-order valence-corrected chi connectivity index (χ1v) is 4.89. The van der Waals surface area contributed by atoms with Crippen LogP contribution in [0.4, 0.5) is 13.2 Å². The van der Waals surface area contributed by atoms with E-state index < -0.39 is 29.7 Å². The number of nitrogens with two attached hydrogens (primary N) is 1. The second-order valence-electron chi connectivity index (χ2n) is 3.78. The summed E-state index contributed by atoms with van der Waals surface area (Å²) in [5, 5.41) is 8.70. The zero-order valence-corrected chi connectivity index (χ0v) is 9.03. The van der Waals surface area contributed by atoms with E-state index in [0.29, 0.717) is 0 Å². The highest BCUT2D eigenvalue weighted by atomic mass is 19.4. The van der Waals surface area contributed by atoms with Gasteiger partial charge in [0.2, 0.25) is 0 Å². The smallest absolute Gasteiger partial charge is 0.416 e. The van der Waals surface area contributed by atoms with Crippen LogP contribution in [-0.4, -0.2) is 17.1 Å². The Kier molecular flexibility index (Phi) is 3.77. The van der Waals surface area contributed by atoms with E-state index in [2.05, 4.69) is 0 Å². The minimum atomic E-state index is -4.44. The molecule has 0 amide bonds. The lowest BCUT2D eigenvalue weighted by atomic mass is 9.92. The summed E-state index contributed by atoms with van der Waals surface area (Å²) in [7, 11) is 0. The number of carboxylic acids is 1. The molecule has 0 heterocycles. The average molecular weight is 247 g/mol. The van der Waals surface area contributed by atoms with Crippen LogP contribution in [0.15, 0.2) is 24.3 Å². The van der Waals surface area contributed by atoms with Crippen LogP contribution in [0.5, 0.6) is 0 Å². The lowest BCUT2D eigenvalue weighted by Gasteiger charge is -2.17. The number of halogens is 3. The second kappa shape index (κ2) is 4.75. The first-order chi connectivity index (χ1) is 7.73. The number of alkyl halides is 3. The van der Waals surface area contributed by atoms with E-state index in [1.54, 1.807) is 0 Å². The maximum Gasteiger partial charge on any atom is 0.416 e. The van der Waals surface area contributed by atoms with Gasteiger partial charge < -0.3 is 10.8 Å². The number of carboxylic acid groups (broad SMARTS) is 1. The Bertz CT molecular complexity index is 417. The summed E-state index contributed by atoms with van der Waals surface area (Å²) in [6.07, 6.45) is -4.44. The molecule has 17 heavy (non-hydrogen) atoms. The van der Waals surface area contributed by atoms with E-state index in [0.717, 1.165) is 12.1 Å². The molecule has 2 atom stereocenters. The molecule has 0 spiro atoms. The van der Waals surface area contributed by atoms with Gasteiger partial charge in [0.15, 0.2) is 0 Å². The molecule has 1 aromatic carbocycles. The van der Waals surface area contributed by atoms with E-state index in [1.807, 2.05) is 0 Å². The molecule has 0 aromatic heterocycles. The normalized spacial score (nSPS) is 15.4. The standard InChI is InChI=1S/C11H12F3NO2/c1-6(9(15)10(16)17)7-3-2-4-8(5-7)11(12,13)14/h2-6,9H,15H2,1H3,(H,16,17)/t6-,9-/m1/s1. The molecular formula is C11H12F3NO2. The topological polar surface area (TPSA) is 63.3 Å². The van der Waals surface area contributed by atoms with Crippen molar-refractivity contribution in [2.75, 3.05) is 0 Å². The van der Waals surface area contributed by atoms with Gasteiger partial charge in [-0.2, -0.15) is 13.2 Å². The van der Waals surface area contributed by atoms with Crippen molar-refractivity contribution < 1.29 is 23.1 Å². The van der Waals surface area contributed by atoms with E-state index in [-0.39, 0.29) is 5.56 Å². The lowest BCUT2D eigenvalue weighted by molar-refractivity contribution is -0.139. The second-order valence-corrected chi connectivity index (χ2v) is 3.78. The summed E-state index contributed by atoms with van der Waals surface area (Å²) in [5.41, 5.74) is 4.82. The van der Waals surface area contributed by atoms with Gasteiger partial charge >= 0.3 is 12.1 Å². The van der Waals surface area contributed by atoms with Crippen LogP contribution in [0.3, 0.4) is 0 Å². The zero-order valence-electron chi connectivity index (χ0n) is 9.03. The first-order valence-electron chi connectivity index (χ1n) is 4.89. The average Bonchev–Trinajstić information content (AvgIpc) is 2.26. The van der Waals surface area contributed by atoms with Crippen LogP contribution in [0, 0.1) is 0 Å². The van der Waals surface area contributed by atoms with Crippen LogP contribution >= 0.6 is 0 Å². The van der Waals surface area contributed by atoms with Gasteiger partial charge in [-0.05, 0) is 11.6 Å². The van der Waals surface area contributed by atoms with E-state index in [9.17, 15) is 18.0 Å². The summed E-state index contributed by atoms with van der Waals surface area (Å²) in [5.74, 6) is -1.93. The fraction of sp³-hybridized carbons (Fsp3) is 0.364. The van der Waals surface area contributed by atoms with Crippen molar-refractivity contribution in [3.8, 4) is 0 Å². The van der Waals surface area contributed by atoms with E-state index in [1.165, 1.54) is 19.1 Å². The molecule has 94 valence electrons. The van der Waals surface area contributed by atoms with Crippen LogP contribution in [0.1, 0.15) is 24.0 Å². The maximum atomic E-state index is 12.4. The molecule has 0 saturated carbocycles. The monoisotopic (exact) mass is 247 g/mol. The summed E-state index contributed by atoms with van der Waals surface area (Å²) in [4.78, 5) is 10.6. The molecule has 0 unspecified atom stereocenters. The summed E-state index contributed by atoms with van der Waals surface area (Å²) in [6, 6.07) is 3.31. The Hall–Kier alpha value is -1.56. The minimum Gasteiger partial charge on any atom is -0.480 e. The number of benzene rings is 1. The van der Waals surface area contributed by atoms with Gasteiger partial charge in [0, 0.05) is 5.92 Å². The molecule has 3 nitrogen and oxygen atoms in total. The molecule has 3 N–H and O–H groups in total. The number of rotatable bonds is 3. The van der Waals surface area contributed by atoms with Gasteiger partial charge in [-0.1, -0.05) is 25.1 Å². The molecule has 0 bridgehead atoms. The Morgan fingerprint density at radius 3 is 2.47 bits per heavy atom. The maximum absolute atomic E-state index is 12.4. The molecule has 0 radical (unpaired) electrons. The third-order valence-corrected chi connectivity index (χ3v) is 2.56. The van der Waals surface area contributed by atoms with Crippen LogP contribution < -0.4 is 5.73 Å². The van der Waals surface area contributed by atoms with Gasteiger partial charge in [-0.15, -0.1) is 0 Å². The van der Waals surface area contributed by atoms with Gasteiger partial charge in [-0.25, -0.2) is 0 Å². The van der Waals surface area contributed by atoms with Gasteiger partial charge in [-0.3, -0.25) is 4.79 Å².